The van der Waals surface area contributed by atoms with Gasteiger partial charge in [0.2, 0.25) is 5.91 Å². The van der Waals surface area contributed by atoms with Crippen molar-refractivity contribution in [3.05, 3.63) is 108 Å². The predicted octanol–water partition coefficient (Wildman–Crippen LogP) is 9.13. The van der Waals surface area contributed by atoms with Crippen LogP contribution in [0.1, 0.15) is 119 Å². The number of benzene rings is 3. The number of hydrogen-bond donors (Lipinski definition) is 2. The van der Waals surface area contributed by atoms with Gasteiger partial charge in [0, 0.05) is 56.9 Å². The number of aryl methyl sites for hydroxylation is 2. The SMILES string of the molecule is C=C(C)C(=O)Oc1cc(CCCCCCCCC)ccc1C(=O)OCCNC(C)=O.C=CC(=O)Oc1cc(-c2ccc(CCCCC)cc2)ccc1CN1CCN(C(N)=O)CC1. The maximum Gasteiger partial charge on any atom is 0.342 e. The highest BCUT2D eigenvalue weighted by Crippen LogP contribution is 2.30. The number of amides is 3. The Balaban J connectivity index is 0.000000331. The minimum Gasteiger partial charge on any atom is -0.460 e. The molecule has 0 radical (unpaired) electrons. The monoisotopic (exact) mass is 853 g/mol. The first-order valence-electron chi connectivity index (χ1n) is 22.1. The molecule has 0 atom stereocenters. The average molecular weight is 853 g/mol. The molecule has 12 nitrogen and oxygen atoms in total. The number of urea groups is 1. The van der Waals surface area contributed by atoms with Gasteiger partial charge in [0.1, 0.15) is 23.7 Å². The van der Waals surface area contributed by atoms with Crippen LogP contribution < -0.4 is 20.5 Å². The number of nitrogens with two attached hydrogens (primary N) is 1. The van der Waals surface area contributed by atoms with Gasteiger partial charge >= 0.3 is 23.9 Å². The van der Waals surface area contributed by atoms with Gasteiger partial charge in [0.15, 0.2) is 0 Å². The van der Waals surface area contributed by atoms with Crippen molar-refractivity contribution in [3.63, 3.8) is 0 Å². The van der Waals surface area contributed by atoms with Gasteiger partial charge in [-0.05, 0) is 73.1 Å². The van der Waals surface area contributed by atoms with Crippen molar-refractivity contribution < 1.29 is 38.2 Å². The first kappa shape index (κ1) is 50.6. The van der Waals surface area contributed by atoms with Crippen molar-refractivity contribution in [2.24, 2.45) is 5.73 Å². The lowest BCUT2D eigenvalue weighted by molar-refractivity contribution is -0.130. The number of nitrogens with one attached hydrogen (secondary N) is 1. The lowest BCUT2D eigenvalue weighted by Crippen LogP contribution is -2.50. The molecule has 1 aliphatic rings. The zero-order valence-electron chi connectivity index (χ0n) is 37.4. The van der Waals surface area contributed by atoms with Gasteiger partial charge in [-0.25, -0.2) is 19.2 Å². The van der Waals surface area contributed by atoms with Gasteiger partial charge in [-0.15, -0.1) is 0 Å². The van der Waals surface area contributed by atoms with Crippen LogP contribution in [0.4, 0.5) is 4.79 Å². The highest BCUT2D eigenvalue weighted by atomic mass is 16.6. The number of primary amides is 1. The number of esters is 3. The van der Waals surface area contributed by atoms with E-state index in [9.17, 15) is 24.0 Å². The fourth-order valence-electron chi connectivity index (χ4n) is 6.82. The third kappa shape index (κ3) is 18.5. The summed E-state index contributed by atoms with van der Waals surface area (Å²) in [6.07, 6.45) is 15.3. The van der Waals surface area contributed by atoms with Gasteiger partial charge in [-0.3, -0.25) is 9.69 Å². The average Bonchev–Trinajstić information content (AvgIpc) is 3.26. The molecule has 0 bridgehead atoms. The molecule has 336 valence electrons. The molecule has 0 aromatic heterocycles. The second-order valence-electron chi connectivity index (χ2n) is 15.7. The number of carbonyl (C=O) groups excluding carboxylic acids is 5. The summed E-state index contributed by atoms with van der Waals surface area (Å²) in [6.45, 7) is 18.0. The van der Waals surface area contributed by atoms with Crippen LogP contribution >= 0.6 is 0 Å². The number of rotatable bonds is 23. The summed E-state index contributed by atoms with van der Waals surface area (Å²) in [6, 6.07) is 19.4. The van der Waals surface area contributed by atoms with Crippen LogP contribution in [0, 0.1) is 0 Å². The number of nitrogens with zero attached hydrogens (tertiary/aromatic N) is 2. The smallest absolute Gasteiger partial charge is 0.342 e. The summed E-state index contributed by atoms with van der Waals surface area (Å²) in [5.41, 5.74) is 11.1. The number of piperazine rings is 1. The van der Waals surface area contributed by atoms with Crippen LogP contribution in [0.3, 0.4) is 0 Å². The predicted molar refractivity (Wildman–Crippen MR) is 245 cm³/mol. The van der Waals surface area contributed by atoms with E-state index in [1.54, 1.807) is 24.0 Å². The molecule has 62 heavy (non-hydrogen) atoms. The Morgan fingerprint density at radius 2 is 1.32 bits per heavy atom. The third-order valence-corrected chi connectivity index (χ3v) is 10.5. The number of ether oxygens (including phenoxy) is 3. The van der Waals surface area contributed by atoms with Gasteiger partial charge in [-0.2, -0.15) is 0 Å². The lowest BCUT2D eigenvalue weighted by atomic mass is 9.99. The van der Waals surface area contributed by atoms with Gasteiger partial charge in [0.25, 0.3) is 0 Å². The zero-order valence-corrected chi connectivity index (χ0v) is 37.4. The summed E-state index contributed by atoms with van der Waals surface area (Å²) in [4.78, 5) is 62.5. The third-order valence-electron chi connectivity index (χ3n) is 10.5. The minimum absolute atomic E-state index is 0.0338. The summed E-state index contributed by atoms with van der Waals surface area (Å²) < 4.78 is 16.1. The summed E-state index contributed by atoms with van der Waals surface area (Å²) >= 11 is 0. The molecule has 3 amide bonds. The molecule has 1 aliphatic heterocycles. The molecule has 1 saturated heterocycles. The van der Waals surface area contributed by atoms with Crippen molar-refractivity contribution in [3.8, 4) is 22.6 Å². The normalized spacial score (nSPS) is 12.4. The van der Waals surface area contributed by atoms with E-state index in [2.05, 4.69) is 67.6 Å². The summed E-state index contributed by atoms with van der Waals surface area (Å²) in [5.74, 6) is -1.16. The Morgan fingerprint density at radius 1 is 0.726 bits per heavy atom. The largest absolute Gasteiger partial charge is 0.460 e. The molecule has 1 fully saturated rings. The Hall–Kier alpha value is -5.75. The lowest BCUT2D eigenvalue weighted by Gasteiger charge is -2.34. The van der Waals surface area contributed by atoms with E-state index in [4.69, 9.17) is 19.9 Å². The maximum atomic E-state index is 12.4. The molecule has 1 heterocycles. The van der Waals surface area contributed by atoms with E-state index >= 15 is 0 Å². The highest BCUT2D eigenvalue weighted by molar-refractivity contribution is 5.95. The van der Waals surface area contributed by atoms with E-state index in [-0.39, 0.29) is 42.0 Å². The van der Waals surface area contributed by atoms with E-state index in [1.807, 2.05) is 18.2 Å². The molecule has 0 saturated carbocycles. The summed E-state index contributed by atoms with van der Waals surface area (Å²) in [7, 11) is 0. The van der Waals surface area contributed by atoms with Gasteiger partial charge in [0.05, 0.1) is 6.54 Å². The second-order valence-corrected chi connectivity index (χ2v) is 15.7. The number of hydrogen-bond acceptors (Lipinski definition) is 9. The standard InChI is InChI=1S/C26H33N3O3.C24H35NO5/c1-3-5-6-7-20-8-10-21(11-9-20)22-12-13-23(24(18-22)32-25(30)4-2)19-28-14-16-29(17-15-28)26(27)31;1-5-6-7-8-9-10-11-12-20-13-14-21(22(17-20)30-23(27)18(2)3)24(28)29-16-15-25-19(4)26/h4,8-13,18H,2-3,5-7,14-17,19H2,1H3,(H2,27,31);13-14,17H,2,5-12,15-16H2,1,3-4H3,(H,25,26). The van der Waals surface area contributed by atoms with Crippen LogP contribution in [0.25, 0.3) is 11.1 Å². The Morgan fingerprint density at radius 3 is 1.95 bits per heavy atom. The van der Waals surface area contributed by atoms with Crippen molar-refractivity contribution in [2.45, 2.75) is 111 Å². The maximum absolute atomic E-state index is 12.4. The zero-order chi connectivity index (χ0) is 45.3. The highest BCUT2D eigenvalue weighted by Gasteiger charge is 2.21. The Bertz CT molecular complexity index is 1940. The first-order valence-corrected chi connectivity index (χ1v) is 22.1. The van der Waals surface area contributed by atoms with Crippen molar-refractivity contribution in [1.82, 2.24) is 15.1 Å². The van der Waals surface area contributed by atoms with E-state index in [0.717, 1.165) is 61.0 Å². The molecule has 0 aliphatic carbocycles. The van der Waals surface area contributed by atoms with E-state index in [1.165, 1.54) is 69.9 Å². The Labute approximate surface area is 368 Å². The molecule has 3 N–H and O–H groups in total. The van der Waals surface area contributed by atoms with E-state index in [0.29, 0.717) is 25.4 Å². The molecular weight excluding hydrogens is 785 g/mol. The van der Waals surface area contributed by atoms with Crippen LogP contribution in [-0.4, -0.2) is 79.0 Å². The summed E-state index contributed by atoms with van der Waals surface area (Å²) in [5, 5.41) is 2.55. The van der Waals surface area contributed by atoms with Crippen LogP contribution in [0.2, 0.25) is 0 Å². The minimum atomic E-state index is -0.604. The van der Waals surface area contributed by atoms with E-state index < -0.39 is 17.9 Å². The van der Waals surface area contributed by atoms with Gasteiger partial charge in [-0.1, -0.05) is 121 Å². The number of unbranched alkanes of at least 4 members (excludes halogenated alkanes) is 8. The van der Waals surface area contributed by atoms with Crippen molar-refractivity contribution >= 4 is 29.8 Å². The molecule has 4 rings (SSSR count). The number of carbonyl (C=O) groups is 5. The van der Waals surface area contributed by atoms with Crippen molar-refractivity contribution in [2.75, 3.05) is 39.3 Å². The molecule has 0 unspecified atom stereocenters. The second kappa shape index (κ2) is 28.0. The van der Waals surface area contributed by atoms with Crippen LogP contribution in [-0.2, 0) is 38.5 Å². The van der Waals surface area contributed by atoms with Crippen LogP contribution in [0.15, 0.2) is 85.5 Å². The molecular formula is C50H68N4O8. The fraction of sp³-hybridized carbons (Fsp3) is 0.460. The molecule has 3 aromatic rings. The quantitative estimate of drug-likeness (QED) is 0.0411. The molecule has 12 heteroatoms. The topological polar surface area (TPSA) is 158 Å². The fourth-order valence-corrected chi connectivity index (χ4v) is 6.82. The molecule has 0 spiro atoms. The van der Waals surface area contributed by atoms with Crippen molar-refractivity contribution in [1.29, 1.82) is 0 Å². The van der Waals surface area contributed by atoms with Gasteiger partial charge < -0.3 is 30.2 Å². The first-order chi connectivity index (χ1) is 29.8. The Kier molecular flexibility index (Phi) is 22.8. The van der Waals surface area contributed by atoms with Crippen LogP contribution in [0.5, 0.6) is 11.5 Å². The molecule has 3 aromatic carbocycles.